The topological polar surface area (TPSA) is 42.2 Å². The van der Waals surface area contributed by atoms with Crippen LogP contribution in [0.5, 0.6) is 0 Å². The molecule has 1 unspecified atom stereocenters. The lowest BCUT2D eigenvalue weighted by molar-refractivity contribution is 0.524. The van der Waals surface area contributed by atoms with Crippen LogP contribution in [0.2, 0.25) is 0 Å². The van der Waals surface area contributed by atoms with Gasteiger partial charge in [-0.2, -0.15) is 0 Å². The minimum atomic E-state index is -0.695. The summed E-state index contributed by atoms with van der Waals surface area (Å²) >= 11 is 0. The van der Waals surface area contributed by atoms with Crippen LogP contribution in [-0.2, 0) is 23.8 Å². The van der Waals surface area contributed by atoms with Crippen LogP contribution in [0.3, 0.4) is 0 Å². The zero-order valence-electron chi connectivity index (χ0n) is 13.0. The van der Waals surface area contributed by atoms with Crippen LogP contribution in [0.25, 0.3) is 11.0 Å². The number of aryl methyl sites for hydroxylation is 1. The molecule has 2 rings (SSSR count). The quantitative estimate of drug-likeness (QED) is 0.719. The lowest BCUT2D eigenvalue weighted by Gasteiger charge is -2.05. The van der Waals surface area contributed by atoms with Gasteiger partial charge in [0.05, 0.1) is 0 Å². The molecule has 2 aromatic rings. The highest BCUT2D eigenvalue weighted by molar-refractivity contribution is 7.84. The number of hydrogen-bond acceptors (Lipinski definition) is 3. The van der Waals surface area contributed by atoms with Gasteiger partial charge in [-0.3, -0.25) is 4.21 Å². The van der Waals surface area contributed by atoms with E-state index in [2.05, 4.69) is 24.4 Å². The van der Waals surface area contributed by atoms with Crippen molar-refractivity contribution in [2.24, 2.45) is 0 Å². The Morgan fingerprint density at radius 2 is 2.05 bits per heavy atom. The van der Waals surface area contributed by atoms with E-state index in [1.54, 1.807) is 6.26 Å². The Morgan fingerprint density at radius 1 is 1.24 bits per heavy atom. The van der Waals surface area contributed by atoms with E-state index in [1.165, 1.54) is 17.4 Å². The van der Waals surface area contributed by atoms with Crippen LogP contribution in [0, 0.1) is 0 Å². The molecule has 0 aliphatic carbocycles. The van der Waals surface area contributed by atoms with Crippen LogP contribution in [-0.4, -0.2) is 22.8 Å². The average molecular weight is 307 g/mol. The largest absolute Gasteiger partial charge is 0.461 e. The van der Waals surface area contributed by atoms with Crippen molar-refractivity contribution < 1.29 is 8.63 Å². The Balaban J connectivity index is 2.03. The summed E-state index contributed by atoms with van der Waals surface area (Å²) in [5.74, 6) is 1.88. The van der Waals surface area contributed by atoms with Crippen molar-refractivity contribution in [3.8, 4) is 0 Å². The third-order valence-electron chi connectivity index (χ3n) is 3.63. The minimum Gasteiger partial charge on any atom is -0.461 e. The van der Waals surface area contributed by atoms with Gasteiger partial charge in [0, 0.05) is 46.7 Å². The molecule has 116 valence electrons. The Morgan fingerprint density at radius 3 is 2.81 bits per heavy atom. The van der Waals surface area contributed by atoms with Crippen molar-refractivity contribution >= 4 is 21.8 Å². The molecule has 0 spiro atoms. The molecule has 0 aliphatic heterocycles. The summed E-state index contributed by atoms with van der Waals surface area (Å²) in [5, 5.41) is 4.68. The summed E-state index contributed by atoms with van der Waals surface area (Å²) in [6, 6.07) is 8.25. The highest BCUT2D eigenvalue weighted by Gasteiger charge is 2.12. The maximum absolute atomic E-state index is 11.1. The summed E-state index contributed by atoms with van der Waals surface area (Å²) in [4.78, 5) is 0. The van der Waals surface area contributed by atoms with Gasteiger partial charge in [0.15, 0.2) is 0 Å². The first-order valence-corrected chi connectivity index (χ1v) is 9.45. The summed E-state index contributed by atoms with van der Waals surface area (Å²) in [5.41, 5.74) is 2.27. The van der Waals surface area contributed by atoms with Gasteiger partial charge >= 0.3 is 0 Å². The van der Waals surface area contributed by atoms with Crippen molar-refractivity contribution in [2.45, 2.75) is 39.2 Å². The molecule has 1 heterocycles. The van der Waals surface area contributed by atoms with Crippen molar-refractivity contribution in [3.63, 3.8) is 0 Å². The smallest absolute Gasteiger partial charge is 0.134 e. The van der Waals surface area contributed by atoms with Gasteiger partial charge in [-0.25, -0.2) is 0 Å². The number of para-hydroxylation sites is 1. The Kier molecular flexibility index (Phi) is 6.46. The highest BCUT2D eigenvalue weighted by atomic mass is 32.2. The van der Waals surface area contributed by atoms with E-state index in [9.17, 15) is 4.21 Å². The molecule has 0 saturated heterocycles. The van der Waals surface area contributed by atoms with Crippen LogP contribution in [0.1, 0.15) is 37.5 Å². The Labute approximate surface area is 129 Å². The van der Waals surface area contributed by atoms with Crippen LogP contribution < -0.4 is 5.32 Å². The summed E-state index contributed by atoms with van der Waals surface area (Å²) in [6.07, 6.45) is 6.03. The second-order valence-electron chi connectivity index (χ2n) is 5.41. The van der Waals surface area contributed by atoms with Gasteiger partial charge in [-0.15, -0.1) is 0 Å². The van der Waals surface area contributed by atoms with Gasteiger partial charge < -0.3 is 9.73 Å². The van der Waals surface area contributed by atoms with Gasteiger partial charge in [-0.05, 0) is 25.5 Å². The maximum atomic E-state index is 11.1. The van der Waals surface area contributed by atoms with Crippen LogP contribution in [0.15, 0.2) is 28.7 Å². The maximum Gasteiger partial charge on any atom is 0.134 e. The molecule has 0 radical (unpaired) electrons. The highest BCUT2D eigenvalue weighted by Crippen LogP contribution is 2.27. The number of fused-ring (bicyclic) bond motifs is 1. The average Bonchev–Trinajstić information content (AvgIpc) is 2.82. The Bertz CT molecular complexity index is 591. The SMILES string of the molecule is CCCCc1oc2ccccc2c1CNCCCS(C)=O. The minimum absolute atomic E-state index is 0.695. The molecule has 0 bridgehead atoms. The summed E-state index contributed by atoms with van der Waals surface area (Å²) < 4.78 is 17.1. The van der Waals surface area contributed by atoms with Crippen molar-refractivity contribution in [1.29, 1.82) is 0 Å². The molecule has 1 N–H and O–H groups in total. The lowest BCUT2D eigenvalue weighted by atomic mass is 10.1. The third kappa shape index (κ3) is 4.68. The zero-order chi connectivity index (χ0) is 15.1. The number of hydrogen-bond donors (Lipinski definition) is 1. The summed E-state index contributed by atoms with van der Waals surface area (Å²) in [6.45, 7) is 3.92. The lowest BCUT2D eigenvalue weighted by Crippen LogP contribution is -2.17. The first-order valence-electron chi connectivity index (χ1n) is 7.72. The van der Waals surface area contributed by atoms with Gasteiger partial charge in [0.1, 0.15) is 11.3 Å². The first-order chi connectivity index (χ1) is 10.2. The molecule has 0 amide bonds. The van der Waals surface area contributed by atoms with E-state index in [0.717, 1.165) is 49.4 Å². The van der Waals surface area contributed by atoms with E-state index in [-0.39, 0.29) is 0 Å². The van der Waals surface area contributed by atoms with Crippen molar-refractivity contribution in [1.82, 2.24) is 5.32 Å². The van der Waals surface area contributed by atoms with E-state index in [1.807, 2.05) is 12.1 Å². The van der Waals surface area contributed by atoms with Gasteiger partial charge in [-0.1, -0.05) is 31.5 Å². The molecule has 1 aromatic carbocycles. The second kappa shape index (κ2) is 8.35. The van der Waals surface area contributed by atoms with E-state index in [0.29, 0.717) is 0 Å². The number of benzene rings is 1. The number of nitrogens with one attached hydrogen (secondary N) is 1. The van der Waals surface area contributed by atoms with Gasteiger partial charge in [0.2, 0.25) is 0 Å². The predicted octanol–water partition coefficient (Wildman–Crippen LogP) is 3.63. The molecule has 21 heavy (non-hydrogen) atoms. The predicted molar refractivity (Wildman–Crippen MR) is 90.1 cm³/mol. The first kappa shape index (κ1) is 16.2. The van der Waals surface area contributed by atoms with E-state index < -0.39 is 10.8 Å². The molecular formula is C17H25NO2S. The number of rotatable bonds is 9. The van der Waals surface area contributed by atoms with Crippen LogP contribution >= 0.6 is 0 Å². The summed E-state index contributed by atoms with van der Waals surface area (Å²) in [7, 11) is -0.695. The van der Waals surface area contributed by atoms with Crippen LogP contribution in [0.4, 0.5) is 0 Å². The standard InChI is InChI=1S/C17H25NO2S/c1-3-4-9-17-15(13-18-11-7-12-21(2)19)14-8-5-6-10-16(14)20-17/h5-6,8,10,18H,3-4,7,9,11-13H2,1-2H3. The van der Waals surface area contributed by atoms with E-state index in [4.69, 9.17) is 4.42 Å². The molecular weight excluding hydrogens is 282 g/mol. The normalized spacial score (nSPS) is 12.9. The third-order valence-corrected chi connectivity index (χ3v) is 4.49. The molecule has 1 atom stereocenters. The molecule has 0 fully saturated rings. The van der Waals surface area contributed by atoms with E-state index >= 15 is 0 Å². The number of unbranched alkanes of at least 4 members (excludes halogenated alkanes) is 1. The van der Waals surface area contributed by atoms with Crippen molar-refractivity contribution in [2.75, 3.05) is 18.6 Å². The fourth-order valence-corrected chi connectivity index (χ4v) is 3.05. The fraction of sp³-hybridized carbons (Fsp3) is 0.529. The van der Waals surface area contributed by atoms with Gasteiger partial charge in [0.25, 0.3) is 0 Å². The second-order valence-corrected chi connectivity index (χ2v) is 6.97. The molecule has 1 aromatic heterocycles. The molecule has 4 heteroatoms. The number of furan rings is 1. The molecule has 3 nitrogen and oxygen atoms in total. The van der Waals surface area contributed by atoms with Crippen molar-refractivity contribution in [3.05, 3.63) is 35.6 Å². The molecule has 0 saturated carbocycles. The Hall–Kier alpha value is -1.13. The fourth-order valence-electron chi connectivity index (χ4n) is 2.50. The monoisotopic (exact) mass is 307 g/mol. The zero-order valence-corrected chi connectivity index (χ0v) is 13.8. The molecule has 0 aliphatic rings.